The van der Waals surface area contributed by atoms with Gasteiger partial charge in [-0.15, -0.1) is 5.10 Å². The zero-order valence-corrected chi connectivity index (χ0v) is 10.5. The molecule has 2 rings (SSSR count). The van der Waals surface area contributed by atoms with E-state index in [4.69, 9.17) is 0 Å². The predicted molar refractivity (Wildman–Crippen MR) is 64.5 cm³/mol. The van der Waals surface area contributed by atoms with Crippen molar-refractivity contribution in [1.29, 1.82) is 0 Å². The Morgan fingerprint density at radius 2 is 2.05 bits per heavy atom. The minimum absolute atomic E-state index is 0.209. The van der Waals surface area contributed by atoms with Crippen LogP contribution in [-0.2, 0) is 19.8 Å². The van der Waals surface area contributed by atoms with Gasteiger partial charge in [-0.25, -0.2) is 0 Å². The van der Waals surface area contributed by atoms with Gasteiger partial charge in [-0.2, -0.15) is 13.2 Å². The zero-order chi connectivity index (χ0) is 14.0. The van der Waals surface area contributed by atoms with Gasteiger partial charge in [-0.05, 0) is 24.6 Å². The third-order valence-corrected chi connectivity index (χ3v) is 2.82. The number of halogens is 3. The highest BCUT2D eigenvalue weighted by atomic mass is 19.4. The minimum atomic E-state index is -4.34. The highest BCUT2D eigenvalue weighted by Gasteiger charge is 2.32. The van der Waals surface area contributed by atoms with Gasteiger partial charge in [0, 0.05) is 12.7 Å². The van der Waals surface area contributed by atoms with Gasteiger partial charge in [-0.3, -0.25) is 4.68 Å². The van der Waals surface area contributed by atoms with Crippen LogP contribution in [0, 0.1) is 6.92 Å². The highest BCUT2D eigenvalue weighted by Crippen LogP contribution is 2.33. The molecule has 1 heterocycles. The fraction of sp³-hybridized carbons (Fsp3) is 0.333. The van der Waals surface area contributed by atoms with E-state index in [2.05, 4.69) is 15.6 Å². The number of nitrogens with zero attached hydrogens (tertiary/aromatic N) is 3. The molecule has 19 heavy (non-hydrogen) atoms. The van der Waals surface area contributed by atoms with E-state index in [9.17, 15) is 13.2 Å². The largest absolute Gasteiger partial charge is 0.416 e. The molecule has 7 heteroatoms. The molecule has 0 aliphatic heterocycles. The molecule has 1 N–H and O–H groups in total. The van der Waals surface area contributed by atoms with Gasteiger partial charge in [0.1, 0.15) is 0 Å². The number of aromatic nitrogens is 3. The first-order chi connectivity index (χ1) is 8.88. The molecule has 2 aromatic rings. The van der Waals surface area contributed by atoms with Crippen LogP contribution in [0.4, 0.5) is 18.9 Å². The van der Waals surface area contributed by atoms with E-state index >= 15 is 0 Å². The first kappa shape index (κ1) is 13.4. The van der Waals surface area contributed by atoms with Crippen LogP contribution in [0.15, 0.2) is 24.4 Å². The van der Waals surface area contributed by atoms with E-state index in [1.54, 1.807) is 24.0 Å². The van der Waals surface area contributed by atoms with E-state index in [-0.39, 0.29) is 5.56 Å². The fourth-order valence-corrected chi connectivity index (χ4v) is 1.70. The lowest BCUT2D eigenvalue weighted by molar-refractivity contribution is -0.138. The summed E-state index contributed by atoms with van der Waals surface area (Å²) in [6, 6.07) is 4.18. The maximum atomic E-state index is 12.8. The van der Waals surface area contributed by atoms with Gasteiger partial charge in [-0.1, -0.05) is 11.3 Å². The van der Waals surface area contributed by atoms with Gasteiger partial charge in [0.25, 0.3) is 0 Å². The molecule has 0 unspecified atom stereocenters. The Labute approximate surface area is 108 Å². The number of hydrogen-bond donors (Lipinski definition) is 1. The molecule has 4 nitrogen and oxygen atoms in total. The van der Waals surface area contributed by atoms with Crippen molar-refractivity contribution in [2.24, 2.45) is 7.05 Å². The van der Waals surface area contributed by atoms with Crippen LogP contribution in [-0.4, -0.2) is 15.0 Å². The van der Waals surface area contributed by atoms with Crippen molar-refractivity contribution in [1.82, 2.24) is 15.0 Å². The van der Waals surface area contributed by atoms with Crippen LogP contribution in [0.2, 0.25) is 0 Å². The minimum Gasteiger partial charge on any atom is -0.379 e. The van der Waals surface area contributed by atoms with Crippen molar-refractivity contribution < 1.29 is 13.2 Å². The molecule has 0 saturated heterocycles. The van der Waals surface area contributed by atoms with E-state index in [1.807, 2.05) is 0 Å². The lowest BCUT2D eigenvalue weighted by atomic mass is 10.1. The number of benzene rings is 1. The normalized spacial score (nSPS) is 11.6. The van der Waals surface area contributed by atoms with Crippen LogP contribution in [0.5, 0.6) is 0 Å². The Morgan fingerprint density at radius 1 is 1.32 bits per heavy atom. The average molecular weight is 270 g/mol. The Balaban J connectivity index is 2.16. The third-order valence-electron chi connectivity index (χ3n) is 2.82. The van der Waals surface area contributed by atoms with Crippen molar-refractivity contribution in [3.63, 3.8) is 0 Å². The Morgan fingerprint density at radius 3 is 2.63 bits per heavy atom. The molecule has 0 spiro atoms. The van der Waals surface area contributed by atoms with Crippen LogP contribution >= 0.6 is 0 Å². The summed E-state index contributed by atoms with van der Waals surface area (Å²) in [5, 5.41) is 10.4. The summed E-state index contributed by atoms with van der Waals surface area (Å²) < 4.78 is 39.8. The van der Waals surface area contributed by atoms with Gasteiger partial charge < -0.3 is 5.32 Å². The van der Waals surface area contributed by atoms with Crippen LogP contribution in [0.3, 0.4) is 0 Å². The van der Waals surface area contributed by atoms with Crippen molar-refractivity contribution in [2.45, 2.75) is 19.6 Å². The lowest BCUT2D eigenvalue weighted by Gasteiger charge is -2.13. The van der Waals surface area contributed by atoms with Crippen LogP contribution in [0.25, 0.3) is 0 Å². The Hall–Kier alpha value is -2.05. The number of nitrogens with one attached hydrogen (secondary N) is 1. The first-order valence-corrected chi connectivity index (χ1v) is 5.63. The standard InChI is InChI=1S/C12H13F3N4/c1-8-3-4-9(5-11(8)12(13,14)15)16-6-10-7-17-18-19(10)2/h3-5,7,16H,6H2,1-2H3. The van der Waals surface area contributed by atoms with Crippen LogP contribution in [0.1, 0.15) is 16.8 Å². The smallest absolute Gasteiger partial charge is 0.379 e. The van der Waals surface area contributed by atoms with Crippen molar-refractivity contribution in [3.05, 3.63) is 41.2 Å². The second kappa shape index (κ2) is 4.91. The van der Waals surface area contributed by atoms with E-state index in [1.165, 1.54) is 13.0 Å². The summed E-state index contributed by atoms with van der Waals surface area (Å²) in [5.41, 5.74) is 0.786. The molecule has 1 aromatic carbocycles. The van der Waals surface area contributed by atoms with E-state index < -0.39 is 11.7 Å². The molecule has 1 aromatic heterocycles. The highest BCUT2D eigenvalue weighted by molar-refractivity contribution is 5.49. The van der Waals surface area contributed by atoms with Gasteiger partial charge >= 0.3 is 6.18 Å². The second-order valence-corrected chi connectivity index (χ2v) is 4.23. The number of hydrogen-bond acceptors (Lipinski definition) is 3. The maximum Gasteiger partial charge on any atom is 0.416 e. The second-order valence-electron chi connectivity index (χ2n) is 4.23. The lowest BCUT2D eigenvalue weighted by Crippen LogP contribution is -2.10. The van der Waals surface area contributed by atoms with E-state index in [0.29, 0.717) is 12.2 Å². The summed E-state index contributed by atoms with van der Waals surface area (Å²) in [4.78, 5) is 0. The summed E-state index contributed by atoms with van der Waals surface area (Å²) in [6.07, 6.45) is -2.78. The summed E-state index contributed by atoms with van der Waals surface area (Å²) in [5.74, 6) is 0. The monoisotopic (exact) mass is 270 g/mol. The molecule has 0 amide bonds. The Bertz CT molecular complexity index is 575. The molecule has 0 aliphatic rings. The van der Waals surface area contributed by atoms with Crippen LogP contribution < -0.4 is 5.32 Å². The molecule has 0 radical (unpaired) electrons. The zero-order valence-electron chi connectivity index (χ0n) is 10.5. The fourth-order valence-electron chi connectivity index (χ4n) is 1.70. The summed E-state index contributed by atoms with van der Waals surface area (Å²) in [7, 11) is 1.72. The van der Waals surface area contributed by atoms with Crippen molar-refractivity contribution >= 4 is 5.69 Å². The SMILES string of the molecule is Cc1ccc(NCc2cnnn2C)cc1C(F)(F)F. The molecule has 102 valence electrons. The predicted octanol–water partition coefficient (Wildman–Crippen LogP) is 2.75. The molecule has 0 atom stereocenters. The molecule has 0 bridgehead atoms. The first-order valence-electron chi connectivity index (χ1n) is 5.63. The third kappa shape index (κ3) is 3.04. The number of anilines is 1. The number of aryl methyl sites for hydroxylation is 2. The van der Waals surface area contributed by atoms with E-state index in [0.717, 1.165) is 11.8 Å². The molecule has 0 fully saturated rings. The van der Waals surface area contributed by atoms with Gasteiger partial charge in [0.05, 0.1) is 24.0 Å². The number of rotatable bonds is 3. The van der Waals surface area contributed by atoms with Gasteiger partial charge in [0.15, 0.2) is 0 Å². The quantitative estimate of drug-likeness (QED) is 0.932. The number of alkyl halides is 3. The summed E-state index contributed by atoms with van der Waals surface area (Å²) >= 11 is 0. The average Bonchev–Trinajstić information content (AvgIpc) is 2.72. The topological polar surface area (TPSA) is 42.7 Å². The molecule has 0 aliphatic carbocycles. The summed E-state index contributed by atoms with van der Waals surface area (Å²) in [6.45, 7) is 1.81. The van der Waals surface area contributed by atoms with Crippen molar-refractivity contribution in [3.8, 4) is 0 Å². The molecular weight excluding hydrogens is 257 g/mol. The molecular formula is C12H13F3N4. The van der Waals surface area contributed by atoms with Gasteiger partial charge in [0.2, 0.25) is 0 Å². The maximum absolute atomic E-state index is 12.8. The van der Waals surface area contributed by atoms with Crippen molar-refractivity contribution in [2.75, 3.05) is 5.32 Å². The Kier molecular flexibility index (Phi) is 3.46. The molecule has 0 saturated carbocycles.